The van der Waals surface area contributed by atoms with Crippen LogP contribution in [0.5, 0.6) is 0 Å². The van der Waals surface area contributed by atoms with Gasteiger partial charge in [0.15, 0.2) is 0 Å². The van der Waals surface area contributed by atoms with Gasteiger partial charge < -0.3 is 10.1 Å². The monoisotopic (exact) mass is 310 g/mol. The molecule has 1 heterocycles. The van der Waals surface area contributed by atoms with Crippen LogP contribution in [-0.2, 0) is 9.53 Å². The van der Waals surface area contributed by atoms with Crippen molar-refractivity contribution in [1.82, 2.24) is 10.2 Å². The zero-order chi connectivity index (χ0) is 16.2. The molecule has 2 fully saturated rings. The number of rotatable bonds is 3. The highest BCUT2D eigenvalue weighted by atomic mass is 16.6. The molecule has 2 rings (SSSR count). The van der Waals surface area contributed by atoms with E-state index in [0.29, 0.717) is 12.5 Å². The van der Waals surface area contributed by atoms with Crippen LogP contribution >= 0.6 is 0 Å². The largest absolute Gasteiger partial charge is 0.444 e. The van der Waals surface area contributed by atoms with E-state index in [2.05, 4.69) is 5.32 Å². The molecule has 1 aliphatic heterocycles. The summed E-state index contributed by atoms with van der Waals surface area (Å²) in [7, 11) is 0. The van der Waals surface area contributed by atoms with E-state index < -0.39 is 5.60 Å². The van der Waals surface area contributed by atoms with Gasteiger partial charge in [0, 0.05) is 13.1 Å². The smallest absolute Gasteiger partial charge is 0.410 e. The van der Waals surface area contributed by atoms with Gasteiger partial charge in [0.05, 0.1) is 0 Å². The number of hydrogen-bond donors (Lipinski definition) is 1. The minimum atomic E-state index is -0.525. The summed E-state index contributed by atoms with van der Waals surface area (Å²) in [4.78, 5) is 26.2. The lowest BCUT2D eigenvalue weighted by Crippen LogP contribution is -2.48. The van der Waals surface area contributed by atoms with Crippen LogP contribution in [0, 0.1) is 5.92 Å². The molecule has 5 nitrogen and oxygen atoms in total. The Hall–Kier alpha value is -1.26. The molecule has 1 N–H and O–H groups in total. The predicted octanol–water partition coefficient (Wildman–Crippen LogP) is 3.08. The lowest BCUT2D eigenvalue weighted by atomic mass is 9.89. The molecular weight excluding hydrogens is 280 g/mol. The zero-order valence-electron chi connectivity index (χ0n) is 14.2. The van der Waals surface area contributed by atoms with Crippen molar-refractivity contribution < 1.29 is 14.3 Å². The first kappa shape index (κ1) is 17.1. The molecule has 1 saturated heterocycles. The highest BCUT2D eigenvalue weighted by molar-refractivity contribution is 5.86. The van der Waals surface area contributed by atoms with E-state index in [1.54, 1.807) is 4.90 Å². The number of amides is 2. The van der Waals surface area contributed by atoms with Gasteiger partial charge in [-0.2, -0.15) is 0 Å². The molecule has 1 aliphatic carbocycles. The van der Waals surface area contributed by atoms with Crippen molar-refractivity contribution in [3.63, 3.8) is 0 Å². The topological polar surface area (TPSA) is 58.6 Å². The van der Waals surface area contributed by atoms with Gasteiger partial charge in [0.25, 0.3) is 0 Å². The van der Waals surface area contributed by atoms with Crippen molar-refractivity contribution in [3.8, 4) is 0 Å². The van der Waals surface area contributed by atoms with Gasteiger partial charge in [0.1, 0.15) is 11.6 Å². The molecule has 0 aromatic heterocycles. The van der Waals surface area contributed by atoms with Crippen molar-refractivity contribution in [2.75, 3.05) is 13.1 Å². The molecule has 5 heteroatoms. The molecule has 0 aromatic rings. The van der Waals surface area contributed by atoms with Crippen molar-refractivity contribution in [2.45, 2.75) is 77.4 Å². The van der Waals surface area contributed by atoms with Crippen molar-refractivity contribution in [2.24, 2.45) is 5.92 Å². The summed E-state index contributed by atoms with van der Waals surface area (Å²) in [5, 5.41) is 3.05. The summed E-state index contributed by atoms with van der Waals surface area (Å²) in [6.07, 6.45) is 7.50. The minimum Gasteiger partial charge on any atom is -0.444 e. The van der Waals surface area contributed by atoms with Gasteiger partial charge in [-0.3, -0.25) is 9.69 Å². The highest BCUT2D eigenvalue weighted by Crippen LogP contribution is 2.24. The number of carbonyl (C=O) groups excluding carboxylic acids is 2. The van der Waals surface area contributed by atoms with Crippen molar-refractivity contribution in [1.29, 1.82) is 0 Å². The van der Waals surface area contributed by atoms with Gasteiger partial charge in [-0.05, 0) is 52.4 Å². The van der Waals surface area contributed by atoms with E-state index in [9.17, 15) is 9.59 Å². The summed E-state index contributed by atoms with van der Waals surface area (Å²) in [6, 6.07) is -0.363. The molecule has 0 aromatic carbocycles. The Morgan fingerprint density at radius 2 is 1.77 bits per heavy atom. The van der Waals surface area contributed by atoms with Gasteiger partial charge in [0.2, 0.25) is 5.91 Å². The molecule has 0 spiro atoms. The van der Waals surface area contributed by atoms with Gasteiger partial charge >= 0.3 is 6.09 Å². The Bertz CT molecular complexity index is 397. The molecular formula is C17H30N2O3. The molecule has 2 amide bonds. The fourth-order valence-electron chi connectivity index (χ4n) is 3.33. The molecule has 22 heavy (non-hydrogen) atoms. The maximum atomic E-state index is 12.4. The number of nitrogens with one attached hydrogen (secondary N) is 1. The third kappa shape index (κ3) is 4.89. The van der Waals surface area contributed by atoms with Crippen LogP contribution in [0.1, 0.15) is 65.7 Å². The van der Waals surface area contributed by atoms with Crippen LogP contribution in [0.4, 0.5) is 4.79 Å². The molecule has 126 valence electrons. The number of likely N-dealkylation sites (tertiary alicyclic amines) is 1. The first-order chi connectivity index (χ1) is 10.4. The summed E-state index contributed by atoms with van der Waals surface area (Å²) >= 11 is 0. The Balaban J connectivity index is 1.83. The lowest BCUT2D eigenvalue weighted by molar-refractivity contribution is -0.125. The van der Waals surface area contributed by atoms with Crippen LogP contribution in [0.15, 0.2) is 0 Å². The fourth-order valence-corrected chi connectivity index (χ4v) is 3.33. The van der Waals surface area contributed by atoms with E-state index in [1.807, 2.05) is 20.8 Å². The number of ether oxygens (including phenoxy) is 1. The van der Waals surface area contributed by atoms with Gasteiger partial charge in [-0.25, -0.2) is 4.79 Å². The second kappa shape index (κ2) is 7.34. The number of carbonyl (C=O) groups is 2. The fraction of sp³-hybridized carbons (Fsp3) is 0.882. The van der Waals surface area contributed by atoms with E-state index in [4.69, 9.17) is 4.74 Å². The minimum absolute atomic E-state index is 0.0195. The van der Waals surface area contributed by atoms with E-state index >= 15 is 0 Å². The van der Waals surface area contributed by atoms with E-state index in [1.165, 1.54) is 32.1 Å². The number of nitrogens with zero attached hydrogens (tertiary/aromatic N) is 1. The van der Waals surface area contributed by atoms with E-state index in [0.717, 1.165) is 19.4 Å². The SMILES string of the molecule is CC(C)(C)OC(=O)N1CCC[C@@H]1C(=O)NCC1CCCCC1. The lowest BCUT2D eigenvalue weighted by Gasteiger charge is -2.28. The maximum absolute atomic E-state index is 12.4. The average molecular weight is 310 g/mol. The highest BCUT2D eigenvalue weighted by Gasteiger charge is 2.36. The summed E-state index contributed by atoms with van der Waals surface area (Å²) in [5.41, 5.74) is -0.525. The molecule has 2 aliphatic rings. The molecule has 0 unspecified atom stereocenters. The Morgan fingerprint density at radius 3 is 2.41 bits per heavy atom. The Morgan fingerprint density at radius 1 is 1.09 bits per heavy atom. The first-order valence-electron chi connectivity index (χ1n) is 8.64. The summed E-state index contributed by atoms with van der Waals surface area (Å²) < 4.78 is 5.40. The third-order valence-electron chi connectivity index (χ3n) is 4.47. The molecule has 0 bridgehead atoms. The molecule has 1 atom stereocenters. The second-order valence-electron chi connectivity index (χ2n) is 7.58. The van der Waals surface area contributed by atoms with Crippen LogP contribution < -0.4 is 5.32 Å². The molecule has 1 saturated carbocycles. The van der Waals surface area contributed by atoms with E-state index in [-0.39, 0.29) is 18.0 Å². The molecule has 0 radical (unpaired) electrons. The van der Waals surface area contributed by atoms with Gasteiger partial charge in [-0.15, -0.1) is 0 Å². The zero-order valence-corrected chi connectivity index (χ0v) is 14.2. The summed E-state index contributed by atoms with van der Waals surface area (Å²) in [6.45, 7) is 6.89. The van der Waals surface area contributed by atoms with Crippen LogP contribution in [0.3, 0.4) is 0 Å². The first-order valence-corrected chi connectivity index (χ1v) is 8.64. The van der Waals surface area contributed by atoms with Crippen LogP contribution in [-0.4, -0.2) is 41.6 Å². The normalized spacial score (nSPS) is 23.4. The van der Waals surface area contributed by atoms with Crippen molar-refractivity contribution in [3.05, 3.63) is 0 Å². The van der Waals surface area contributed by atoms with Gasteiger partial charge in [-0.1, -0.05) is 19.3 Å². The van der Waals surface area contributed by atoms with Crippen LogP contribution in [0.25, 0.3) is 0 Å². The second-order valence-corrected chi connectivity index (χ2v) is 7.58. The van der Waals surface area contributed by atoms with Crippen LogP contribution in [0.2, 0.25) is 0 Å². The summed E-state index contributed by atoms with van der Waals surface area (Å²) in [5.74, 6) is 0.586. The maximum Gasteiger partial charge on any atom is 0.410 e. The Labute approximate surface area is 133 Å². The van der Waals surface area contributed by atoms with Crippen molar-refractivity contribution >= 4 is 12.0 Å². The predicted molar refractivity (Wildman–Crippen MR) is 85.5 cm³/mol. The average Bonchev–Trinajstić information content (AvgIpc) is 2.93. The Kier molecular flexibility index (Phi) is 5.70. The number of hydrogen-bond acceptors (Lipinski definition) is 3. The quantitative estimate of drug-likeness (QED) is 0.871. The third-order valence-corrected chi connectivity index (χ3v) is 4.47. The standard InChI is InChI=1S/C17H30N2O3/c1-17(2,3)22-16(21)19-11-7-10-14(19)15(20)18-12-13-8-5-4-6-9-13/h13-14H,4-12H2,1-3H3,(H,18,20)/t14-/m1/s1.